The van der Waals surface area contributed by atoms with Crippen LogP contribution in [0.15, 0.2) is 16.6 Å². The Kier molecular flexibility index (Phi) is 6.65. The van der Waals surface area contributed by atoms with E-state index in [0.717, 1.165) is 17.3 Å². The van der Waals surface area contributed by atoms with Crippen molar-refractivity contribution in [3.8, 4) is 0 Å². The predicted molar refractivity (Wildman–Crippen MR) is 92.3 cm³/mol. The summed E-state index contributed by atoms with van der Waals surface area (Å²) in [4.78, 5) is 12.0. The SMILES string of the molecule is O=C(CNc1c(Cl)cc(Br)cc1Cl)NC1CCCCCC1. The van der Waals surface area contributed by atoms with E-state index in [4.69, 9.17) is 23.2 Å². The Morgan fingerprint density at radius 3 is 2.29 bits per heavy atom. The highest BCUT2D eigenvalue weighted by atomic mass is 79.9. The summed E-state index contributed by atoms with van der Waals surface area (Å²) in [7, 11) is 0. The van der Waals surface area contributed by atoms with Gasteiger partial charge in [-0.1, -0.05) is 64.8 Å². The first kappa shape index (κ1) is 16.9. The molecule has 116 valence electrons. The molecule has 0 saturated heterocycles. The highest BCUT2D eigenvalue weighted by Crippen LogP contribution is 2.33. The lowest BCUT2D eigenvalue weighted by Crippen LogP contribution is -2.38. The highest BCUT2D eigenvalue weighted by molar-refractivity contribution is 9.10. The summed E-state index contributed by atoms with van der Waals surface area (Å²) in [6.07, 6.45) is 7.09. The van der Waals surface area contributed by atoms with Crippen molar-refractivity contribution in [2.45, 2.75) is 44.6 Å². The summed E-state index contributed by atoms with van der Waals surface area (Å²) in [5, 5.41) is 7.09. The van der Waals surface area contributed by atoms with Crippen molar-refractivity contribution in [2.75, 3.05) is 11.9 Å². The van der Waals surface area contributed by atoms with Gasteiger partial charge in [-0.3, -0.25) is 4.79 Å². The van der Waals surface area contributed by atoms with Gasteiger partial charge in [-0.05, 0) is 25.0 Å². The normalized spacial score (nSPS) is 16.3. The zero-order valence-electron chi connectivity index (χ0n) is 11.7. The molecule has 1 saturated carbocycles. The van der Waals surface area contributed by atoms with E-state index in [1.807, 2.05) is 0 Å². The lowest BCUT2D eigenvalue weighted by molar-refractivity contribution is -0.120. The molecule has 0 atom stereocenters. The Bertz CT molecular complexity index is 479. The fourth-order valence-electron chi connectivity index (χ4n) is 2.58. The molecule has 1 aromatic carbocycles. The summed E-state index contributed by atoms with van der Waals surface area (Å²) in [5.74, 6) is -0.0167. The number of hydrogen-bond donors (Lipinski definition) is 2. The van der Waals surface area contributed by atoms with Crippen LogP contribution in [0.4, 0.5) is 5.69 Å². The summed E-state index contributed by atoms with van der Waals surface area (Å²) in [5.41, 5.74) is 0.595. The highest BCUT2D eigenvalue weighted by Gasteiger charge is 2.15. The van der Waals surface area contributed by atoms with Crippen molar-refractivity contribution in [1.29, 1.82) is 0 Å². The van der Waals surface area contributed by atoms with Crippen LogP contribution < -0.4 is 10.6 Å². The van der Waals surface area contributed by atoms with Crippen molar-refractivity contribution >= 4 is 50.7 Å². The van der Waals surface area contributed by atoms with Gasteiger partial charge >= 0.3 is 0 Å². The van der Waals surface area contributed by atoms with E-state index in [1.54, 1.807) is 12.1 Å². The summed E-state index contributed by atoms with van der Waals surface area (Å²) < 4.78 is 0.811. The maximum Gasteiger partial charge on any atom is 0.239 e. The molecule has 1 aliphatic rings. The number of anilines is 1. The first-order valence-corrected chi connectivity index (χ1v) is 8.79. The summed E-state index contributed by atoms with van der Waals surface area (Å²) >= 11 is 15.6. The van der Waals surface area contributed by atoms with Crippen LogP contribution in [0.1, 0.15) is 38.5 Å². The van der Waals surface area contributed by atoms with Crippen LogP contribution in [0.25, 0.3) is 0 Å². The quantitative estimate of drug-likeness (QED) is 0.706. The predicted octanol–water partition coefficient (Wildman–Crippen LogP) is 5.01. The number of amides is 1. The van der Waals surface area contributed by atoms with E-state index in [-0.39, 0.29) is 12.5 Å². The summed E-state index contributed by atoms with van der Waals surface area (Å²) in [6.45, 7) is 0.178. The fraction of sp³-hybridized carbons (Fsp3) is 0.533. The van der Waals surface area contributed by atoms with Crippen LogP contribution in [-0.2, 0) is 4.79 Å². The van der Waals surface area contributed by atoms with Crippen molar-refractivity contribution in [2.24, 2.45) is 0 Å². The maximum atomic E-state index is 12.0. The smallest absolute Gasteiger partial charge is 0.239 e. The van der Waals surface area contributed by atoms with E-state index in [2.05, 4.69) is 26.6 Å². The van der Waals surface area contributed by atoms with Gasteiger partial charge in [0.1, 0.15) is 0 Å². The number of rotatable bonds is 4. The number of carbonyl (C=O) groups is 1. The molecule has 1 aliphatic carbocycles. The van der Waals surface area contributed by atoms with Gasteiger partial charge in [0.15, 0.2) is 0 Å². The molecule has 2 N–H and O–H groups in total. The first-order chi connectivity index (χ1) is 10.1. The van der Waals surface area contributed by atoms with Gasteiger partial charge in [0.05, 0.1) is 22.3 Å². The fourth-order valence-corrected chi connectivity index (χ4v) is 3.92. The molecule has 1 fully saturated rings. The van der Waals surface area contributed by atoms with Gasteiger partial charge in [0.25, 0.3) is 0 Å². The molecule has 0 aromatic heterocycles. The Hall–Kier alpha value is -0.450. The maximum absolute atomic E-state index is 12.0. The Morgan fingerprint density at radius 2 is 1.71 bits per heavy atom. The van der Waals surface area contributed by atoms with Gasteiger partial charge in [0, 0.05) is 10.5 Å². The molecule has 0 spiro atoms. The second-order valence-corrected chi connectivity index (χ2v) is 7.08. The third-order valence-electron chi connectivity index (χ3n) is 3.65. The molecular formula is C15H19BrCl2N2O. The molecule has 1 amide bonds. The molecule has 0 aliphatic heterocycles. The lowest BCUT2D eigenvalue weighted by atomic mass is 10.1. The van der Waals surface area contributed by atoms with Crippen LogP contribution in [-0.4, -0.2) is 18.5 Å². The van der Waals surface area contributed by atoms with Crippen molar-refractivity contribution < 1.29 is 4.79 Å². The zero-order valence-corrected chi connectivity index (χ0v) is 14.8. The second-order valence-electron chi connectivity index (χ2n) is 5.35. The van der Waals surface area contributed by atoms with Gasteiger partial charge in [-0.25, -0.2) is 0 Å². The van der Waals surface area contributed by atoms with Gasteiger partial charge in [-0.15, -0.1) is 0 Å². The zero-order chi connectivity index (χ0) is 15.2. The Morgan fingerprint density at radius 1 is 1.14 bits per heavy atom. The standard InChI is InChI=1S/C15H19BrCl2N2O/c16-10-7-12(17)15(13(18)8-10)19-9-14(21)20-11-5-3-1-2-4-6-11/h7-8,11,19H,1-6,9H2,(H,20,21). The summed E-state index contributed by atoms with van der Waals surface area (Å²) in [6, 6.07) is 3.80. The van der Waals surface area contributed by atoms with Gasteiger partial charge < -0.3 is 10.6 Å². The van der Waals surface area contributed by atoms with E-state index in [0.29, 0.717) is 21.8 Å². The molecular weight excluding hydrogens is 375 g/mol. The van der Waals surface area contributed by atoms with E-state index in [9.17, 15) is 4.79 Å². The van der Waals surface area contributed by atoms with Crippen LogP contribution in [0.5, 0.6) is 0 Å². The minimum absolute atomic E-state index is 0.0167. The largest absolute Gasteiger partial charge is 0.374 e. The minimum Gasteiger partial charge on any atom is -0.374 e. The molecule has 0 heterocycles. The average molecular weight is 394 g/mol. The van der Waals surface area contributed by atoms with Crippen LogP contribution in [0.2, 0.25) is 10.0 Å². The molecule has 0 bridgehead atoms. The molecule has 3 nitrogen and oxygen atoms in total. The molecule has 6 heteroatoms. The number of benzene rings is 1. The second kappa shape index (κ2) is 8.25. The van der Waals surface area contributed by atoms with Crippen LogP contribution in [0, 0.1) is 0 Å². The molecule has 1 aromatic rings. The van der Waals surface area contributed by atoms with E-state index >= 15 is 0 Å². The molecule has 0 unspecified atom stereocenters. The van der Waals surface area contributed by atoms with Crippen LogP contribution >= 0.6 is 39.1 Å². The molecule has 2 rings (SSSR count). The number of carbonyl (C=O) groups excluding carboxylic acids is 1. The molecule has 21 heavy (non-hydrogen) atoms. The van der Waals surface area contributed by atoms with Crippen LogP contribution in [0.3, 0.4) is 0 Å². The Balaban J connectivity index is 1.86. The number of halogens is 3. The van der Waals surface area contributed by atoms with Gasteiger partial charge in [-0.2, -0.15) is 0 Å². The lowest BCUT2D eigenvalue weighted by Gasteiger charge is -2.17. The average Bonchev–Trinajstić information content (AvgIpc) is 2.66. The topological polar surface area (TPSA) is 41.1 Å². The third kappa shape index (κ3) is 5.35. The third-order valence-corrected chi connectivity index (χ3v) is 4.71. The van der Waals surface area contributed by atoms with E-state index < -0.39 is 0 Å². The van der Waals surface area contributed by atoms with E-state index in [1.165, 1.54) is 25.7 Å². The minimum atomic E-state index is -0.0167. The van der Waals surface area contributed by atoms with Crippen molar-refractivity contribution in [1.82, 2.24) is 5.32 Å². The number of nitrogens with one attached hydrogen (secondary N) is 2. The first-order valence-electron chi connectivity index (χ1n) is 7.24. The van der Waals surface area contributed by atoms with Crippen molar-refractivity contribution in [3.63, 3.8) is 0 Å². The number of hydrogen-bond acceptors (Lipinski definition) is 2. The molecule has 0 radical (unpaired) electrons. The van der Waals surface area contributed by atoms with Gasteiger partial charge in [0.2, 0.25) is 5.91 Å². The van der Waals surface area contributed by atoms with Crippen molar-refractivity contribution in [3.05, 3.63) is 26.7 Å². The monoisotopic (exact) mass is 392 g/mol. The Labute approximate surface area is 143 Å².